The van der Waals surface area contributed by atoms with E-state index in [9.17, 15) is 27.5 Å². The van der Waals surface area contributed by atoms with Crippen molar-refractivity contribution in [1.82, 2.24) is 0 Å². The number of carboxylic acids is 1. The van der Waals surface area contributed by atoms with Gasteiger partial charge in [-0.25, -0.2) is 9.18 Å². The molecule has 0 aliphatic carbocycles. The molecule has 0 aliphatic heterocycles. The summed E-state index contributed by atoms with van der Waals surface area (Å²) in [6.07, 6.45) is -4.93. The molecule has 0 atom stereocenters. The van der Waals surface area contributed by atoms with E-state index in [2.05, 4.69) is 26.0 Å². The molecule has 2 aromatic rings. The van der Waals surface area contributed by atoms with Crippen LogP contribution in [0.3, 0.4) is 0 Å². The van der Waals surface area contributed by atoms with E-state index in [1.807, 2.05) is 0 Å². The van der Waals surface area contributed by atoms with Crippen LogP contribution in [0, 0.1) is 12.7 Å². The molecule has 0 radical (unpaired) electrons. The third-order valence-corrected chi connectivity index (χ3v) is 3.61. The minimum atomic E-state index is -4.93. The Morgan fingerprint density at radius 3 is 2.42 bits per heavy atom. The number of benzene rings is 2. The number of halogens is 5. The average molecular weight is 408 g/mol. The second kappa shape index (κ2) is 6.68. The van der Waals surface area contributed by atoms with E-state index in [1.54, 1.807) is 6.92 Å². The second-order valence-electron chi connectivity index (χ2n) is 4.77. The average Bonchev–Trinajstić information content (AvgIpc) is 2.43. The van der Waals surface area contributed by atoms with Gasteiger partial charge >= 0.3 is 12.3 Å². The molecule has 9 heteroatoms. The molecule has 0 aromatic heterocycles. The molecule has 24 heavy (non-hydrogen) atoms. The van der Waals surface area contributed by atoms with E-state index in [0.717, 1.165) is 18.2 Å². The molecule has 0 amide bonds. The van der Waals surface area contributed by atoms with Crippen molar-refractivity contribution < 1.29 is 32.2 Å². The summed E-state index contributed by atoms with van der Waals surface area (Å²) in [5.41, 5.74) is 0.395. The van der Waals surface area contributed by atoms with Gasteiger partial charge in [0.05, 0.1) is 15.7 Å². The van der Waals surface area contributed by atoms with Crippen molar-refractivity contribution in [2.24, 2.45) is 0 Å². The summed E-state index contributed by atoms with van der Waals surface area (Å²) in [6.45, 7) is 1.57. The molecular formula is C15H10BrF4NO3. The predicted octanol–water partition coefficient (Wildman–Crippen LogP) is 5.24. The number of hydrogen-bond donors (Lipinski definition) is 2. The van der Waals surface area contributed by atoms with Crippen LogP contribution in [0.15, 0.2) is 34.8 Å². The van der Waals surface area contributed by atoms with E-state index in [-0.39, 0.29) is 15.7 Å². The number of hydrogen-bond acceptors (Lipinski definition) is 3. The first-order valence-electron chi connectivity index (χ1n) is 6.42. The Balaban J connectivity index is 2.49. The van der Waals surface area contributed by atoms with Crippen LogP contribution in [-0.4, -0.2) is 17.4 Å². The maximum absolute atomic E-state index is 13.1. The molecule has 0 spiro atoms. The van der Waals surface area contributed by atoms with Crippen molar-refractivity contribution in [2.45, 2.75) is 13.3 Å². The molecule has 2 rings (SSSR count). The Bertz CT molecular complexity index is 793. The molecular weight excluding hydrogens is 398 g/mol. The van der Waals surface area contributed by atoms with Crippen LogP contribution in [0.25, 0.3) is 0 Å². The van der Waals surface area contributed by atoms with Gasteiger partial charge in [-0.2, -0.15) is 0 Å². The largest absolute Gasteiger partial charge is 0.573 e. The number of carbonyl (C=O) groups is 1. The normalized spacial score (nSPS) is 11.2. The molecule has 0 heterocycles. The summed E-state index contributed by atoms with van der Waals surface area (Å²) in [5.74, 6) is -2.44. The minimum absolute atomic E-state index is 0.125. The smallest absolute Gasteiger partial charge is 0.478 e. The maximum Gasteiger partial charge on any atom is 0.573 e. The van der Waals surface area contributed by atoms with Crippen LogP contribution in [0.1, 0.15) is 15.9 Å². The molecule has 0 aliphatic rings. The predicted molar refractivity (Wildman–Crippen MR) is 82.2 cm³/mol. The van der Waals surface area contributed by atoms with Gasteiger partial charge in [-0.05, 0) is 52.7 Å². The number of ether oxygens (including phenoxy) is 1. The molecule has 0 saturated carbocycles. The van der Waals surface area contributed by atoms with Gasteiger partial charge in [0.25, 0.3) is 0 Å². The van der Waals surface area contributed by atoms with Crippen LogP contribution in [-0.2, 0) is 0 Å². The van der Waals surface area contributed by atoms with Crippen molar-refractivity contribution in [3.8, 4) is 5.75 Å². The van der Waals surface area contributed by atoms with E-state index in [4.69, 9.17) is 0 Å². The Kier molecular flexibility index (Phi) is 5.02. The van der Waals surface area contributed by atoms with Gasteiger partial charge in [-0.1, -0.05) is 0 Å². The Morgan fingerprint density at radius 2 is 1.88 bits per heavy atom. The van der Waals surface area contributed by atoms with Gasteiger partial charge in [-0.3, -0.25) is 0 Å². The lowest BCUT2D eigenvalue weighted by molar-refractivity contribution is -0.274. The van der Waals surface area contributed by atoms with Crippen LogP contribution >= 0.6 is 15.9 Å². The summed E-state index contributed by atoms with van der Waals surface area (Å²) in [5, 5.41) is 11.9. The van der Waals surface area contributed by atoms with Crippen molar-refractivity contribution in [3.05, 3.63) is 51.7 Å². The fourth-order valence-corrected chi connectivity index (χ4v) is 2.37. The maximum atomic E-state index is 13.1. The molecule has 0 fully saturated rings. The van der Waals surface area contributed by atoms with Gasteiger partial charge in [-0.15, -0.1) is 13.2 Å². The number of rotatable bonds is 4. The number of aryl methyl sites for hydroxylation is 1. The zero-order valence-electron chi connectivity index (χ0n) is 12.0. The number of carboxylic acid groups (broad SMARTS) is 1. The first-order valence-corrected chi connectivity index (χ1v) is 7.22. The van der Waals surface area contributed by atoms with Crippen molar-refractivity contribution in [1.29, 1.82) is 0 Å². The van der Waals surface area contributed by atoms with Gasteiger partial charge < -0.3 is 15.2 Å². The second-order valence-corrected chi connectivity index (χ2v) is 5.62. The zero-order chi connectivity index (χ0) is 18.1. The monoisotopic (exact) mass is 407 g/mol. The summed E-state index contributed by atoms with van der Waals surface area (Å²) >= 11 is 2.85. The van der Waals surface area contributed by atoms with E-state index >= 15 is 0 Å². The van der Waals surface area contributed by atoms with Crippen LogP contribution in [0.4, 0.5) is 28.9 Å². The van der Waals surface area contributed by atoms with Gasteiger partial charge in [0.2, 0.25) is 0 Å². The zero-order valence-corrected chi connectivity index (χ0v) is 13.6. The summed E-state index contributed by atoms with van der Waals surface area (Å²) < 4.78 is 54.1. The molecule has 128 valence electrons. The van der Waals surface area contributed by atoms with Gasteiger partial charge in [0.1, 0.15) is 11.6 Å². The number of alkyl halides is 3. The molecule has 0 unspecified atom stereocenters. The minimum Gasteiger partial charge on any atom is -0.478 e. The Labute approximate surface area is 142 Å². The number of anilines is 2. The Morgan fingerprint density at radius 1 is 1.21 bits per heavy atom. The molecule has 2 aromatic carbocycles. The summed E-state index contributed by atoms with van der Waals surface area (Å²) in [7, 11) is 0. The quantitative estimate of drug-likeness (QED) is 0.680. The highest BCUT2D eigenvalue weighted by Gasteiger charge is 2.32. The van der Waals surface area contributed by atoms with E-state index < -0.39 is 23.9 Å². The van der Waals surface area contributed by atoms with Gasteiger partial charge in [0, 0.05) is 11.8 Å². The number of nitrogens with one attached hydrogen (secondary N) is 1. The molecule has 4 nitrogen and oxygen atoms in total. The number of aromatic carboxylic acids is 1. The third-order valence-electron chi connectivity index (χ3n) is 2.99. The van der Waals surface area contributed by atoms with Crippen LogP contribution in [0.2, 0.25) is 0 Å². The SMILES string of the molecule is Cc1cc(F)ccc1Nc1cc(OC(F)(F)F)c(Br)cc1C(=O)O. The van der Waals surface area contributed by atoms with Gasteiger partial charge in [0.15, 0.2) is 0 Å². The molecule has 0 saturated heterocycles. The fourth-order valence-electron chi connectivity index (χ4n) is 1.95. The first-order chi connectivity index (χ1) is 11.1. The summed E-state index contributed by atoms with van der Waals surface area (Å²) in [6, 6.07) is 5.59. The highest BCUT2D eigenvalue weighted by atomic mass is 79.9. The highest BCUT2D eigenvalue weighted by molar-refractivity contribution is 9.10. The Hall–Kier alpha value is -2.29. The topological polar surface area (TPSA) is 58.6 Å². The molecule has 2 N–H and O–H groups in total. The standard InChI is InChI=1S/C15H10BrF4NO3/c1-7-4-8(17)2-3-11(7)21-12-6-13(24-15(18,19)20)10(16)5-9(12)14(22)23/h2-6,21H,1H3,(H,22,23). The van der Waals surface area contributed by atoms with E-state index in [1.165, 1.54) is 12.1 Å². The first kappa shape index (κ1) is 18.1. The van der Waals surface area contributed by atoms with Crippen molar-refractivity contribution in [3.63, 3.8) is 0 Å². The lowest BCUT2D eigenvalue weighted by Gasteiger charge is -2.16. The highest BCUT2D eigenvalue weighted by Crippen LogP contribution is 2.36. The van der Waals surface area contributed by atoms with Crippen LogP contribution in [0.5, 0.6) is 5.75 Å². The lowest BCUT2D eigenvalue weighted by Crippen LogP contribution is -2.18. The van der Waals surface area contributed by atoms with Crippen molar-refractivity contribution in [2.75, 3.05) is 5.32 Å². The van der Waals surface area contributed by atoms with Crippen LogP contribution < -0.4 is 10.1 Å². The summed E-state index contributed by atoms with van der Waals surface area (Å²) in [4.78, 5) is 11.3. The fraction of sp³-hybridized carbons (Fsp3) is 0.133. The third kappa shape index (κ3) is 4.38. The van der Waals surface area contributed by atoms with Crippen molar-refractivity contribution >= 4 is 33.3 Å². The lowest BCUT2D eigenvalue weighted by atomic mass is 10.1. The molecule has 0 bridgehead atoms. The van der Waals surface area contributed by atoms with E-state index in [0.29, 0.717) is 11.3 Å².